The molecule has 0 unspecified atom stereocenters. The van der Waals surface area contributed by atoms with Gasteiger partial charge in [0, 0.05) is 22.2 Å². The maximum Gasteiger partial charge on any atom is 0.261 e. The van der Waals surface area contributed by atoms with E-state index in [1.807, 2.05) is 0 Å². The van der Waals surface area contributed by atoms with Crippen LogP contribution < -0.4 is 0 Å². The average Bonchev–Trinajstić information content (AvgIpc) is 2.75. The molecule has 1 heterocycles. The highest BCUT2D eigenvalue weighted by Crippen LogP contribution is 2.37. The average molecular weight is 298 g/mol. The molecule has 1 aliphatic rings. The first kappa shape index (κ1) is 12.7. The van der Waals surface area contributed by atoms with Gasteiger partial charge in [-0.15, -0.1) is 0 Å². The van der Waals surface area contributed by atoms with Gasteiger partial charge in [-0.05, 0) is 37.1 Å². The first-order chi connectivity index (χ1) is 9.04. The molecule has 2 aromatic rings. The Labute approximate surface area is 115 Å². The lowest BCUT2D eigenvalue weighted by Crippen LogP contribution is -2.08. The normalized spacial score (nSPS) is 16.3. The maximum atomic E-state index is 11.2. The van der Waals surface area contributed by atoms with E-state index in [2.05, 4.69) is 4.98 Å². The van der Waals surface area contributed by atoms with Crippen molar-refractivity contribution >= 4 is 19.7 Å². The van der Waals surface area contributed by atoms with E-state index in [9.17, 15) is 8.42 Å². The number of aromatic nitrogens is 1. The zero-order valence-corrected chi connectivity index (χ0v) is 11.6. The number of halogens is 1. The summed E-state index contributed by atoms with van der Waals surface area (Å²) in [5, 5.41) is 0. The second-order valence-corrected chi connectivity index (χ2v) is 7.22. The molecule has 1 aromatic carbocycles. The van der Waals surface area contributed by atoms with Crippen LogP contribution in [0, 0.1) is 0 Å². The molecule has 0 spiro atoms. The van der Waals surface area contributed by atoms with Gasteiger partial charge in [0.05, 0.1) is 11.1 Å². The molecule has 0 radical (unpaired) electrons. The summed E-state index contributed by atoms with van der Waals surface area (Å²) in [6.07, 6.45) is 5.16. The van der Waals surface area contributed by atoms with Crippen LogP contribution in [0.4, 0.5) is 0 Å². The Bertz CT molecular complexity index is 687. The Morgan fingerprint density at radius 1 is 1.21 bits per heavy atom. The number of hydrogen-bond acceptors (Lipinski definition) is 4. The van der Waals surface area contributed by atoms with E-state index in [0.717, 1.165) is 24.3 Å². The second-order valence-electron chi connectivity index (χ2n) is 4.65. The first-order valence-corrected chi connectivity index (χ1v) is 8.36. The van der Waals surface area contributed by atoms with E-state index in [0.29, 0.717) is 11.7 Å². The van der Waals surface area contributed by atoms with Gasteiger partial charge in [0.2, 0.25) is 0 Å². The van der Waals surface area contributed by atoms with Crippen molar-refractivity contribution in [1.29, 1.82) is 0 Å². The Morgan fingerprint density at radius 2 is 1.89 bits per heavy atom. The summed E-state index contributed by atoms with van der Waals surface area (Å²) in [4.78, 5) is 4.36. The molecule has 1 fully saturated rings. The highest BCUT2D eigenvalue weighted by molar-refractivity contribution is 8.13. The molecule has 0 bridgehead atoms. The topological polar surface area (TPSA) is 60.2 Å². The van der Waals surface area contributed by atoms with Gasteiger partial charge in [0.1, 0.15) is 0 Å². The molecule has 1 saturated carbocycles. The number of nitrogens with zero attached hydrogens (tertiary/aromatic N) is 1. The number of benzene rings is 1. The third-order valence-corrected chi connectivity index (χ3v) is 4.77. The van der Waals surface area contributed by atoms with Gasteiger partial charge in [-0.25, -0.2) is 13.4 Å². The third-order valence-electron chi connectivity index (χ3n) is 3.40. The van der Waals surface area contributed by atoms with Gasteiger partial charge in [0.15, 0.2) is 11.7 Å². The van der Waals surface area contributed by atoms with Gasteiger partial charge in [0.25, 0.3) is 9.05 Å². The molecule has 0 N–H and O–H groups in total. The van der Waals surface area contributed by atoms with E-state index in [1.165, 1.54) is 18.6 Å². The molecule has 0 amide bonds. The minimum absolute atomic E-state index is 0.0802. The van der Waals surface area contributed by atoms with Crippen molar-refractivity contribution < 1.29 is 12.8 Å². The molecule has 0 saturated heterocycles. The van der Waals surface area contributed by atoms with Crippen molar-refractivity contribution in [1.82, 2.24) is 4.98 Å². The number of hydrogen-bond donors (Lipinski definition) is 0. The van der Waals surface area contributed by atoms with Gasteiger partial charge in [-0.1, -0.05) is 6.42 Å². The second kappa shape index (κ2) is 4.65. The van der Waals surface area contributed by atoms with Crippen LogP contribution in [0.3, 0.4) is 0 Å². The minimum atomic E-state index is -3.68. The summed E-state index contributed by atoms with van der Waals surface area (Å²) in [6.45, 7) is 0. The monoisotopic (exact) mass is 297 g/mol. The van der Waals surface area contributed by atoms with Gasteiger partial charge >= 0.3 is 0 Å². The molecule has 0 aliphatic heterocycles. The summed E-state index contributed by atoms with van der Waals surface area (Å²) >= 11 is 0. The zero-order valence-electron chi connectivity index (χ0n) is 10.0. The predicted molar refractivity (Wildman–Crippen MR) is 71.6 cm³/mol. The summed E-state index contributed by atoms with van der Waals surface area (Å²) in [5.74, 6) is 1.87. The summed E-state index contributed by atoms with van der Waals surface area (Å²) < 4.78 is 28.0. The lowest BCUT2D eigenvalue weighted by molar-refractivity contribution is 0.338. The van der Waals surface area contributed by atoms with Crippen LogP contribution in [-0.2, 0) is 9.05 Å². The lowest BCUT2D eigenvalue weighted by atomic mass is 9.85. The summed E-state index contributed by atoms with van der Waals surface area (Å²) in [7, 11) is 1.59. The summed E-state index contributed by atoms with van der Waals surface area (Å²) in [5.41, 5.74) is 0.794. The van der Waals surface area contributed by atoms with E-state index in [-0.39, 0.29) is 4.90 Å². The van der Waals surface area contributed by atoms with E-state index in [4.69, 9.17) is 15.1 Å². The molecule has 1 aromatic heterocycles. The molecule has 100 valence electrons. The lowest BCUT2D eigenvalue weighted by Gasteiger charge is -2.21. The molecule has 3 rings (SSSR count). The van der Waals surface area contributed by atoms with E-state index < -0.39 is 9.05 Å². The van der Waals surface area contributed by atoms with Gasteiger partial charge in [-0.3, -0.25) is 0 Å². The van der Waals surface area contributed by atoms with Crippen LogP contribution >= 0.6 is 10.7 Å². The van der Waals surface area contributed by atoms with Crippen molar-refractivity contribution in [2.45, 2.75) is 30.1 Å². The highest BCUT2D eigenvalue weighted by Gasteiger charge is 2.24. The molecule has 0 atom stereocenters. The van der Waals surface area contributed by atoms with Crippen LogP contribution in [0.5, 0.6) is 0 Å². The SMILES string of the molecule is O=S(=O)(Cl)c1ccc(-c2cnc(C3CCC3)o2)cc1. The highest BCUT2D eigenvalue weighted by atomic mass is 35.7. The van der Waals surface area contributed by atoms with Gasteiger partial charge < -0.3 is 4.42 Å². The first-order valence-electron chi connectivity index (χ1n) is 6.05. The van der Waals surface area contributed by atoms with Crippen molar-refractivity contribution in [3.8, 4) is 11.3 Å². The molecule has 4 nitrogen and oxygen atoms in total. The largest absolute Gasteiger partial charge is 0.440 e. The molecule has 1 aliphatic carbocycles. The van der Waals surface area contributed by atoms with E-state index >= 15 is 0 Å². The van der Waals surface area contributed by atoms with Crippen molar-refractivity contribution in [3.05, 3.63) is 36.4 Å². The van der Waals surface area contributed by atoms with E-state index in [1.54, 1.807) is 18.3 Å². The molecule has 19 heavy (non-hydrogen) atoms. The minimum Gasteiger partial charge on any atom is -0.440 e. The fourth-order valence-corrected chi connectivity index (χ4v) is 2.82. The fraction of sp³-hybridized carbons (Fsp3) is 0.308. The maximum absolute atomic E-state index is 11.2. The third kappa shape index (κ3) is 2.53. The van der Waals surface area contributed by atoms with Gasteiger partial charge in [-0.2, -0.15) is 0 Å². The zero-order chi connectivity index (χ0) is 13.5. The molecular weight excluding hydrogens is 286 g/mol. The van der Waals surface area contributed by atoms with Crippen LogP contribution in [-0.4, -0.2) is 13.4 Å². The van der Waals surface area contributed by atoms with Crippen LogP contribution in [0.15, 0.2) is 39.8 Å². The van der Waals surface area contributed by atoms with Crippen molar-refractivity contribution in [2.75, 3.05) is 0 Å². The smallest absolute Gasteiger partial charge is 0.261 e. The van der Waals surface area contributed by atoms with Crippen molar-refractivity contribution in [3.63, 3.8) is 0 Å². The van der Waals surface area contributed by atoms with Crippen LogP contribution in [0.2, 0.25) is 0 Å². The van der Waals surface area contributed by atoms with Crippen LogP contribution in [0.1, 0.15) is 31.1 Å². The standard InChI is InChI=1S/C13H12ClNO3S/c14-19(16,17)11-6-4-9(5-7-11)12-8-15-13(18-12)10-2-1-3-10/h4-8,10H,1-3H2. The summed E-state index contributed by atoms with van der Waals surface area (Å²) in [6, 6.07) is 6.26. The Hall–Kier alpha value is -1.33. The molecular formula is C13H12ClNO3S. The Kier molecular flexibility index (Phi) is 3.11. The number of oxazole rings is 1. The Morgan fingerprint density at radius 3 is 2.42 bits per heavy atom. The Balaban J connectivity index is 1.87. The van der Waals surface area contributed by atoms with Crippen molar-refractivity contribution in [2.24, 2.45) is 0 Å². The fourth-order valence-electron chi connectivity index (χ4n) is 2.05. The quantitative estimate of drug-likeness (QED) is 0.813. The molecule has 6 heteroatoms. The predicted octanol–water partition coefficient (Wildman–Crippen LogP) is 3.54. The number of rotatable bonds is 3. The van der Waals surface area contributed by atoms with Crippen LogP contribution in [0.25, 0.3) is 11.3 Å².